The Labute approximate surface area is 106 Å². The maximum Gasteiger partial charge on any atom is 0.243 e. The lowest BCUT2D eigenvalue weighted by molar-refractivity contribution is 0.117. The van der Waals surface area contributed by atoms with Crippen molar-refractivity contribution in [2.75, 3.05) is 19.7 Å². The molecular weight excluding hydrogens is 262 g/mol. The minimum Gasteiger partial charge on any atom is -0.396 e. The lowest BCUT2D eigenvalue weighted by atomic mass is 10.1. The van der Waals surface area contributed by atoms with Crippen molar-refractivity contribution in [2.45, 2.75) is 11.8 Å². The first-order valence-corrected chi connectivity index (χ1v) is 7.14. The highest BCUT2D eigenvalue weighted by molar-refractivity contribution is 7.89. The number of benzene rings is 1. The van der Waals surface area contributed by atoms with E-state index in [2.05, 4.69) is 0 Å². The molecule has 4 nitrogen and oxygen atoms in total. The van der Waals surface area contributed by atoms with Gasteiger partial charge in [0.1, 0.15) is 0 Å². The predicted molar refractivity (Wildman–Crippen MR) is 65.5 cm³/mol. The smallest absolute Gasteiger partial charge is 0.243 e. The average Bonchev–Trinajstić information content (AvgIpc) is 2.14. The van der Waals surface area contributed by atoms with Crippen LogP contribution in [-0.2, 0) is 10.0 Å². The van der Waals surface area contributed by atoms with Gasteiger partial charge in [0.15, 0.2) is 0 Å². The molecule has 6 heteroatoms. The minimum absolute atomic E-state index is 0.0334. The van der Waals surface area contributed by atoms with Crippen molar-refractivity contribution in [2.24, 2.45) is 5.92 Å². The van der Waals surface area contributed by atoms with Crippen molar-refractivity contribution in [3.8, 4) is 0 Å². The molecule has 0 spiro atoms. The number of aryl methyl sites for hydroxylation is 1. The Morgan fingerprint density at radius 3 is 2.65 bits per heavy atom. The first kappa shape index (κ1) is 12.8. The van der Waals surface area contributed by atoms with Gasteiger partial charge < -0.3 is 5.11 Å². The molecule has 1 heterocycles. The van der Waals surface area contributed by atoms with Gasteiger partial charge in [-0.05, 0) is 30.7 Å². The predicted octanol–water partition coefficient (Wildman–Crippen LogP) is 1.26. The molecule has 1 saturated heterocycles. The molecule has 94 valence electrons. The van der Waals surface area contributed by atoms with E-state index < -0.39 is 10.0 Å². The number of rotatable bonds is 3. The topological polar surface area (TPSA) is 57.6 Å². The molecule has 0 aliphatic carbocycles. The van der Waals surface area contributed by atoms with Crippen LogP contribution in [0, 0.1) is 12.8 Å². The minimum atomic E-state index is -3.43. The third-order valence-electron chi connectivity index (χ3n) is 2.94. The summed E-state index contributed by atoms with van der Waals surface area (Å²) >= 11 is 5.80. The number of sulfonamides is 1. The highest BCUT2D eigenvalue weighted by atomic mass is 35.5. The van der Waals surface area contributed by atoms with Crippen LogP contribution in [-0.4, -0.2) is 37.5 Å². The molecule has 0 saturated carbocycles. The van der Waals surface area contributed by atoms with Crippen LogP contribution in [0.3, 0.4) is 0 Å². The van der Waals surface area contributed by atoms with Crippen LogP contribution in [0.1, 0.15) is 5.56 Å². The zero-order chi connectivity index (χ0) is 12.6. The zero-order valence-electron chi connectivity index (χ0n) is 9.43. The monoisotopic (exact) mass is 275 g/mol. The third-order valence-corrected chi connectivity index (χ3v) is 5.16. The Morgan fingerprint density at radius 1 is 1.47 bits per heavy atom. The zero-order valence-corrected chi connectivity index (χ0v) is 11.0. The molecule has 17 heavy (non-hydrogen) atoms. The van der Waals surface area contributed by atoms with Gasteiger partial charge in [-0.2, -0.15) is 4.31 Å². The molecule has 2 rings (SSSR count). The van der Waals surface area contributed by atoms with Gasteiger partial charge in [-0.1, -0.05) is 11.6 Å². The molecule has 1 aromatic rings. The number of halogens is 1. The fraction of sp³-hybridized carbons (Fsp3) is 0.455. The maximum absolute atomic E-state index is 12.2. The number of aliphatic hydroxyl groups excluding tert-OH is 1. The van der Waals surface area contributed by atoms with Crippen LogP contribution in [0.4, 0.5) is 0 Å². The van der Waals surface area contributed by atoms with Crippen molar-refractivity contribution in [3.05, 3.63) is 28.8 Å². The summed E-state index contributed by atoms with van der Waals surface area (Å²) in [6.45, 7) is 2.54. The fourth-order valence-corrected chi connectivity index (χ4v) is 3.90. The summed E-state index contributed by atoms with van der Waals surface area (Å²) in [5.74, 6) is 0.0670. The summed E-state index contributed by atoms with van der Waals surface area (Å²) in [7, 11) is -3.43. The summed E-state index contributed by atoms with van der Waals surface area (Å²) in [6.07, 6.45) is 0. The molecular formula is C11H14ClNO3S. The molecule has 1 fully saturated rings. The van der Waals surface area contributed by atoms with Crippen molar-refractivity contribution >= 4 is 21.6 Å². The second-order valence-corrected chi connectivity index (χ2v) is 6.62. The summed E-state index contributed by atoms with van der Waals surface area (Å²) in [5, 5.41) is 9.42. The van der Waals surface area contributed by atoms with E-state index in [9.17, 15) is 8.42 Å². The second kappa shape index (κ2) is 4.57. The van der Waals surface area contributed by atoms with Crippen LogP contribution >= 0.6 is 11.6 Å². The van der Waals surface area contributed by atoms with Gasteiger partial charge in [-0.15, -0.1) is 0 Å². The lowest BCUT2D eigenvalue weighted by Crippen LogP contribution is -2.51. The molecule has 0 amide bonds. The highest BCUT2D eigenvalue weighted by Gasteiger charge is 2.36. The normalized spacial score (nSPS) is 18.1. The highest BCUT2D eigenvalue weighted by Crippen LogP contribution is 2.28. The van der Waals surface area contributed by atoms with E-state index in [0.29, 0.717) is 28.6 Å². The van der Waals surface area contributed by atoms with Crippen LogP contribution < -0.4 is 0 Å². The van der Waals surface area contributed by atoms with Gasteiger partial charge in [0.05, 0.1) is 4.90 Å². The second-order valence-electron chi connectivity index (χ2n) is 4.28. The van der Waals surface area contributed by atoms with Gasteiger partial charge in [-0.3, -0.25) is 0 Å². The summed E-state index contributed by atoms with van der Waals surface area (Å²) in [6, 6.07) is 4.74. The van der Waals surface area contributed by atoms with E-state index in [4.69, 9.17) is 16.7 Å². The number of hydrogen-bond donors (Lipinski definition) is 1. The van der Waals surface area contributed by atoms with E-state index in [1.54, 1.807) is 19.1 Å². The summed E-state index contributed by atoms with van der Waals surface area (Å²) in [4.78, 5) is 0.290. The molecule has 0 atom stereocenters. The summed E-state index contributed by atoms with van der Waals surface area (Å²) in [5.41, 5.74) is 0.643. The molecule has 0 unspecified atom stereocenters. The van der Waals surface area contributed by atoms with Gasteiger partial charge in [-0.25, -0.2) is 8.42 Å². The maximum atomic E-state index is 12.2. The fourth-order valence-electron chi connectivity index (χ4n) is 1.88. The van der Waals surface area contributed by atoms with E-state index >= 15 is 0 Å². The largest absolute Gasteiger partial charge is 0.396 e. The third kappa shape index (κ3) is 2.33. The Hall–Kier alpha value is -0.620. The van der Waals surface area contributed by atoms with E-state index in [-0.39, 0.29) is 12.5 Å². The molecule has 1 aromatic carbocycles. The summed E-state index contributed by atoms with van der Waals surface area (Å²) < 4.78 is 25.8. The molecule has 1 aliphatic heterocycles. The van der Waals surface area contributed by atoms with Crippen LogP contribution in [0.2, 0.25) is 5.02 Å². The average molecular weight is 276 g/mol. The van der Waals surface area contributed by atoms with Gasteiger partial charge >= 0.3 is 0 Å². The standard InChI is InChI=1S/C11H14ClNO3S/c1-8-4-10(12)2-3-11(8)17(15,16)13-5-9(6-13)7-14/h2-4,9,14H,5-7H2,1H3. The van der Waals surface area contributed by atoms with E-state index in [1.165, 1.54) is 10.4 Å². The number of aliphatic hydroxyl groups is 1. The van der Waals surface area contributed by atoms with Crippen molar-refractivity contribution in [1.29, 1.82) is 0 Å². The van der Waals surface area contributed by atoms with E-state index in [1.807, 2.05) is 0 Å². The quantitative estimate of drug-likeness (QED) is 0.904. The van der Waals surface area contributed by atoms with Gasteiger partial charge in [0, 0.05) is 30.6 Å². The van der Waals surface area contributed by atoms with Gasteiger partial charge in [0.25, 0.3) is 0 Å². The Morgan fingerprint density at radius 2 is 2.12 bits per heavy atom. The molecule has 0 radical (unpaired) electrons. The van der Waals surface area contributed by atoms with Crippen LogP contribution in [0.25, 0.3) is 0 Å². The first-order chi connectivity index (χ1) is 7.95. The first-order valence-electron chi connectivity index (χ1n) is 5.32. The van der Waals surface area contributed by atoms with Gasteiger partial charge in [0.2, 0.25) is 10.0 Å². The Balaban J connectivity index is 2.27. The lowest BCUT2D eigenvalue weighted by Gasteiger charge is -2.37. The van der Waals surface area contributed by atoms with Crippen LogP contribution in [0.15, 0.2) is 23.1 Å². The van der Waals surface area contributed by atoms with Crippen molar-refractivity contribution in [3.63, 3.8) is 0 Å². The Bertz CT molecular complexity index is 524. The molecule has 1 N–H and O–H groups in total. The molecule has 0 bridgehead atoms. The molecule has 1 aliphatic rings. The van der Waals surface area contributed by atoms with Crippen LogP contribution in [0.5, 0.6) is 0 Å². The Kier molecular flexibility index (Phi) is 3.45. The van der Waals surface area contributed by atoms with E-state index in [0.717, 1.165) is 0 Å². The number of hydrogen-bond acceptors (Lipinski definition) is 3. The van der Waals surface area contributed by atoms with Crippen molar-refractivity contribution < 1.29 is 13.5 Å². The number of nitrogens with zero attached hydrogens (tertiary/aromatic N) is 1. The van der Waals surface area contributed by atoms with Crippen molar-refractivity contribution in [1.82, 2.24) is 4.31 Å². The molecule has 0 aromatic heterocycles. The SMILES string of the molecule is Cc1cc(Cl)ccc1S(=O)(=O)N1CC(CO)C1.